The van der Waals surface area contributed by atoms with Crippen molar-refractivity contribution < 1.29 is 19.4 Å². The topological polar surface area (TPSA) is 66.8 Å². The number of nitrogens with zero attached hydrogens (tertiary/aromatic N) is 1. The molecule has 5 heteroatoms. The molecular weight excluding hydrogens is 294 g/mol. The summed E-state index contributed by atoms with van der Waals surface area (Å²) in [7, 11) is 1.65. The molecule has 1 N–H and O–H groups in total. The van der Waals surface area contributed by atoms with Crippen molar-refractivity contribution in [3.63, 3.8) is 0 Å². The van der Waals surface area contributed by atoms with Crippen LogP contribution in [0.2, 0.25) is 0 Å². The number of methoxy groups -OCH3 is 1. The van der Waals surface area contributed by atoms with E-state index in [2.05, 4.69) is 0 Å². The summed E-state index contributed by atoms with van der Waals surface area (Å²) in [5.74, 6) is 0.259. The Morgan fingerprint density at radius 3 is 2.83 bits per heavy atom. The van der Waals surface area contributed by atoms with E-state index in [4.69, 9.17) is 9.84 Å². The lowest BCUT2D eigenvalue weighted by molar-refractivity contribution is -0.140. The van der Waals surface area contributed by atoms with E-state index < -0.39 is 5.97 Å². The Bertz CT molecular complexity index is 558. The van der Waals surface area contributed by atoms with E-state index in [0.29, 0.717) is 13.0 Å². The fraction of sp³-hybridized carbons (Fsp3) is 0.556. The third-order valence-corrected chi connectivity index (χ3v) is 4.39. The number of carbonyl (C=O) groups is 2. The zero-order valence-electron chi connectivity index (χ0n) is 13.8. The van der Waals surface area contributed by atoms with E-state index in [1.807, 2.05) is 31.2 Å². The highest BCUT2D eigenvalue weighted by molar-refractivity contribution is 5.78. The molecule has 2 rings (SSSR count). The average molecular weight is 319 g/mol. The van der Waals surface area contributed by atoms with Gasteiger partial charge in [-0.3, -0.25) is 9.59 Å². The minimum absolute atomic E-state index is 0.0482. The number of ether oxygens (including phenoxy) is 1. The lowest BCUT2D eigenvalue weighted by atomic mass is 9.96. The molecule has 23 heavy (non-hydrogen) atoms. The standard InChI is InChI=1S/C18H25NO4/c1-13(10-14-6-3-4-8-16(14)23-2)11-17(20)19-9-5-7-15(19)12-18(21)22/h3-4,6,8,13,15H,5,7,9-12H2,1-2H3,(H,21,22). The first kappa shape index (κ1) is 17.3. The maximum absolute atomic E-state index is 12.5. The number of carboxylic acid groups (broad SMARTS) is 1. The van der Waals surface area contributed by atoms with Crippen molar-refractivity contribution >= 4 is 11.9 Å². The number of rotatable bonds is 7. The van der Waals surface area contributed by atoms with Crippen LogP contribution in [-0.4, -0.2) is 41.6 Å². The average Bonchev–Trinajstić information content (AvgIpc) is 2.95. The lowest BCUT2D eigenvalue weighted by Crippen LogP contribution is -2.37. The molecule has 1 saturated heterocycles. The molecule has 1 aliphatic rings. The second kappa shape index (κ2) is 7.99. The smallest absolute Gasteiger partial charge is 0.305 e. The van der Waals surface area contributed by atoms with E-state index >= 15 is 0 Å². The Hall–Kier alpha value is -2.04. The molecule has 1 fully saturated rings. The zero-order chi connectivity index (χ0) is 16.8. The molecule has 0 aliphatic carbocycles. The summed E-state index contributed by atoms with van der Waals surface area (Å²) in [4.78, 5) is 25.2. The maximum atomic E-state index is 12.5. The second-order valence-electron chi connectivity index (χ2n) is 6.31. The van der Waals surface area contributed by atoms with Gasteiger partial charge in [-0.15, -0.1) is 0 Å². The van der Waals surface area contributed by atoms with Gasteiger partial charge in [0.05, 0.1) is 13.5 Å². The van der Waals surface area contributed by atoms with Gasteiger partial charge < -0.3 is 14.7 Å². The molecule has 2 atom stereocenters. The molecule has 1 aromatic rings. The van der Waals surface area contributed by atoms with Gasteiger partial charge >= 0.3 is 5.97 Å². The van der Waals surface area contributed by atoms with Gasteiger partial charge in [-0.1, -0.05) is 25.1 Å². The van der Waals surface area contributed by atoms with E-state index in [1.165, 1.54) is 0 Å². The number of amides is 1. The third kappa shape index (κ3) is 4.71. The molecule has 0 saturated carbocycles. The highest BCUT2D eigenvalue weighted by Crippen LogP contribution is 2.25. The molecule has 1 aliphatic heterocycles. The van der Waals surface area contributed by atoms with Crippen molar-refractivity contribution in [1.82, 2.24) is 4.90 Å². The Morgan fingerprint density at radius 2 is 2.13 bits per heavy atom. The molecule has 126 valence electrons. The van der Waals surface area contributed by atoms with Gasteiger partial charge in [0.25, 0.3) is 0 Å². The van der Waals surface area contributed by atoms with Crippen LogP contribution in [0.15, 0.2) is 24.3 Å². The summed E-state index contributed by atoms with van der Waals surface area (Å²) in [5.41, 5.74) is 1.10. The van der Waals surface area contributed by atoms with Crippen LogP contribution in [-0.2, 0) is 16.0 Å². The van der Waals surface area contributed by atoms with Crippen LogP contribution in [0.4, 0.5) is 0 Å². The van der Waals surface area contributed by atoms with E-state index in [0.717, 1.165) is 30.6 Å². The second-order valence-corrected chi connectivity index (χ2v) is 6.31. The molecule has 0 aromatic heterocycles. The predicted octanol–water partition coefficient (Wildman–Crippen LogP) is 2.73. The van der Waals surface area contributed by atoms with Crippen molar-refractivity contribution in [3.8, 4) is 5.75 Å². The number of carbonyl (C=O) groups excluding carboxylic acids is 1. The minimum Gasteiger partial charge on any atom is -0.496 e. The first-order valence-corrected chi connectivity index (χ1v) is 8.14. The predicted molar refractivity (Wildman–Crippen MR) is 87.5 cm³/mol. The summed E-state index contributed by atoms with van der Waals surface area (Å²) in [6.07, 6.45) is 2.94. The molecule has 1 amide bonds. The molecule has 1 heterocycles. The van der Waals surface area contributed by atoms with Gasteiger partial charge in [-0.25, -0.2) is 0 Å². The van der Waals surface area contributed by atoms with E-state index in [1.54, 1.807) is 12.0 Å². The SMILES string of the molecule is COc1ccccc1CC(C)CC(=O)N1CCCC1CC(=O)O. The first-order chi connectivity index (χ1) is 11.0. The number of benzene rings is 1. The van der Waals surface area contributed by atoms with Crippen LogP contribution < -0.4 is 4.74 Å². The highest BCUT2D eigenvalue weighted by atomic mass is 16.5. The molecule has 0 bridgehead atoms. The minimum atomic E-state index is -0.836. The van der Waals surface area contributed by atoms with Crippen LogP contribution in [0.1, 0.15) is 38.2 Å². The number of para-hydroxylation sites is 1. The number of likely N-dealkylation sites (tertiary alicyclic amines) is 1. The summed E-state index contributed by atoms with van der Waals surface area (Å²) in [5, 5.41) is 8.96. The number of carboxylic acids is 1. The Kier molecular flexibility index (Phi) is 6.02. The van der Waals surface area contributed by atoms with Crippen molar-refractivity contribution in [2.75, 3.05) is 13.7 Å². The molecular formula is C18H25NO4. The van der Waals surface area contributed by atoms with E-state index in [9.17, 15) is 9.59 Å². The van der Waals surface area contributed by atoms with E-state index in [-0.39, 0.29) is 24.3 Å². The zero-order valence-corrected chi connectivity index (χ0v) is 13.8. The first-order valence-electron chi connectivity index (χ1n) is 8.14. The lowest BCUT2D eigenvalue weighted by Gasteiger charge is -2.25. The van der Waals surface area contributed by atoms with Crippen LogP contribution in [0.3, 0.4) is 0 Å². The Balaban J connectivity index is 1.92. The van der Waals surface area contributed by atoms with Gasteiger partial charge in [0.2, 0.25) is 5.91 Å². The van der Waals surface area contributed by atoms with Crippen molar-refractivity contribution in [2.24, 2.45) is 5.92 Å². The van der Waals surface area contributed by atoms with Crippen LogP contribution >= 0.6 is 0 Å². The Morgan fingerprint density at radius 1 is 1.39 bits per heavy atom. The van der Waals surface area contributed by atoms with Crippen molar-refractivity contribution in [3.05, 3.63) is 29.8 Å². The number of aliphatic carboxylic acids is 1. The summed E-state index contributed by atoms with van der Waals surface area (Å²) in [6, 6.07) is 7.70. The van der Waals surface area contributed by atoms with Crippen molar-refractivity contribution in [2.45, 2.75) is 45.1 Å². The molecule has 5 nitrogen and oxygen atoms in total. The monoisotopic (exact) mass is 319 g/mol. The quantitative estimate of drug-likeness (QED) is 0.839. The third-order valence-electron chi connectivity index (χ3n) is 4.39. The fourth-order valence-corrected chi connectivity index (χ4v) is 3.31. The molecule has 0 radical (unpaired) electrons. The Labute approximate surface area is 137 Å². The number of hydrogen-bond donors (Lipinski definition) is 1. The highest BCUT2D eigenvalue weighted by Gasteiger charge is 2.30. The van der Waals surface area contributed by atoms with Crippen LogP contribution in [0, 0.1) is 5.92 Å². The number of hydrogen-bond acceptors (Lipinski definition) is 3. The fourth-order valence-electron chi connectivity index (χ4n) is 3.31. The van der Waals surface area contributed by atoms with Crippen LogP contribution in [0.5, 0.6) is 5.75 Å². The van der Waals surface area contributed by atoms with Gasteiger partial charge in [0, 0.05) is 19.0 Å². The molecule has 0 spiro atoms. The normalized spacial score (nSPS) is 18.7. The molecule has 2 unspecified atom stereocenters. The van der Waals surface area contributed by atoms with Crippen molar-refractivity contribution in [1.29, 1.82) is 0 Å². The van der Waals surface area contributed by atoms with Gasteiger partial charge in [0.15, 0.2) is 0 Å². The maximum Gasteiger partial charge on any atom is 0.305 e. The van der Waals surface area contributed by atoms with Crippen LogP contribution in [0.25, 0.3) is 0 Å². The summed E-state index contributed by atoms with van der Waals surface area (Å²) >= 11 is 0. The van der Waals surface area contributed by atoms with Gasteiger partial charge in [0.1, 0.15) is 5.75 Å². The summed E-state index contributed by atoms with van der Waals surface area (Å²) in [6.45, 7) is 2.73. The van der Waals surface area contributed by atoms with Gasteiger partial charge in [-0.2, -0.15) is 0 Å². The molecule has 1 aromatic carbocycles. The van der Waals surface area contributed by atoms with Gasteiger partial charge in [-0.05, 0) is 36.8 Å². The summed E-state index contributed by atoms with van der Waals surface area (Å²) < 4.78 is 5.35. The largest absolute Gasteiger partial charge is 0.496 e.